The van der Waals surface area contributed by atoms with Crippen molar-refractivity contribution in [3.05, 3.63) is 75.8 Å². The standard InChI is InChI=1S/C18H14F2N2O4/c1-11-2-5-16-21-13(7-17(23)22(16)8-11)9-26-18(24)10-25-15-4-3-12(19)6-14(15)20/h2-8H,9-10H2,1H3. The molecule has 0 aliphatic rings. The first-order valence-electron chi connectivity index (χ1n) is 7.65. The maximum absolute atomic E-state index is 13.4. The Bertz CT molecular complexity index is 1030. The summed E-state index contributed by atoms with van der Waals surface area (Å²) < 4.78 is 37.5. The van der Waals surface area contributed by atoms with Gasteiger partial charge in [0.15, 0.2) is 18.2 Å². The highest BCUT2D eigenvalue weighted by Crippen LogP contribution is 2.17. The molecule has 0 fully saturated rings. The van der Waals surface area contributed by atoms with Gasteiger partial charge in [-0.2, -0.15) is 0 Å². The fraction of sp³-hybridized carbons (Fsp3) is 0.167. The van der Waals surface area contributed by atoms with Crippen molar-refractivity contribution >= 4 is 11.6 Å². The van der Waals surface area contributed by atoms with E-state index in [0.29, 0.717) is 11.7 Å². The van der Waals surface area contributed by atoms with Crippen LogP contribution in [-0.4, -0.2) is 22.0 Å². The van der Waals surface area contributed by atoms with Gasteiger partial charge in [0.05, 0.1) is 5.69 Å². The number of nitrogens with zero attached hydrogens (tertiary/aromatic N) is 2. The lowest BCUT2D eigenvalue weighted by Gasteiger charge is -2.08. The Morgan fingerprint density at radius 3 is 2.77 bits per heavy atom. The molecule has 6 nitrogen and oxygen atoms in total. The van der Waals surface area contributed by atoms with Crippen molar-refractivity contribution in [3.8, 4) is 5.75 Å². The van der Waals surface area contributed by atoms with E-state index < -0.39 is 24.2 Å². The Morgan fingerprint density at radius 2 is 2.00 bits per heavy atom. The van der Waals surface area contributed by atoms with Gasteiger partial charge in [-0.1, -0.05) is 6.07 Å². The van der Waals surface area contributed by atoms with E-state index in [2.05, 4.69) is 4.98 Å². The zero-order chi connectivity index (χ0) is 18.7. The van der Waals surface area contributed by atoms with Crippen molar-refractivity contribution in [1.29, 1.82) is 0 Å². The molecule has 3 aromatic rings. The number of hydrogen-bond donors (Lipinski definition) is 0. The summed E-state index contributed by atoms with van der Waals surface area (Å²) in [6.45, 7) is 1.06. The molecule has 0 atom stereocenters. The molecular formula is C18H14F2N2O4. The van der Waals surface area contributed by atoms with Crippen LogP contribution in [0.25, 0.3) is 5.65 Å². The molecule has 0 aliphatic carbocycles. The smallest absolute Gasteiger partial charge is 0.344 e. The molecule has 0 spiro atoms. The van der Waals surface area contributed by atoms with Crippen molar-refractivity contribution in [3.63, 3.8) is 0 Å². The zero-order valence-corrected chi connectivity index (χ0v) is 13.7. The summed E-state index contributed by atoms with van der Waals surface area (Å²) in [7, 11) is 0. The first-order chi connectivity index (χ1) is 12.4. The number of carbonyl (C=O) groups is 1. The van der Waals surface area contributed by atoms with Gasteiger partial charge >= 0.3 is 5.97 Å². The van der Waals surface area contributed by atoms with Crippen molar-refractivity contribution in [2.45, 2.75) is 13.5 Å². The van der Waals surface area contributed by atoms with E-state index in [0.717, 1.165) is 17.7 Å². The second kappa shape index (κ2) is 7.30. The van der Waals surface area contributed by atoms with Gasteiger partial charge in [-0.3, -0.25) is 9.20 Å². The summed E-state index contributed by atoms with van der Waals surface area (Å²) >= 11 is 0. The lowest BCUT2D eigenvalue weighted by molar-refractivity contribution is -0.147. The molecule has 1 aromatic carbocycles. The van der Waals surface area contributed by atoms with Crippen LogP contribution in [0.4, 0.5) is 8.78 Å². The summed E-state index contributed by atoms with van der Waals surface area (Å²) in [6, 6.07) is 7.49. The predicted octanol–water partition coefficient (Wildman–Crippen LogP) is 2.40. The topological polar surface area (TPSA) is 69.9 Å². The van der Waals surface area contributed by atoms with Crippen LogP contribution in [0.2, 0.25) is 0 Å². The lowest BCUT2D eigenvalue weighted by atomic mass is 10.3. The average molecular weight is 360 g/mol. The number of aryl methyl sites for hydroxylation is 1. The average Bonchev–Trinajstić information content (AvgIpc) is 2.60. The van der Waals surface area contributed by atoms with Gasteiger partial charge in [-0.15, -0.1) is 0 Å². The molecule has 0 bridgehead atoms. The number of halogens is 2. The Hall–Kier alpha value is -3.29. The van der Waals surface area contributed by atoms with Crippen molar-refractivity contribution < 1.29 is 23.0 Å². The lowest BCUT2D eigenvalue weighted by Crippen LogP contribution is -2.19. The van der Waals surface area contributed by atoms with E-state index in [1.165, 1.54) is 10.5 Å². The second-order valence-corrected chi connectivity index (χ2v) is 5.54. The van der Waals surface area contributed by atoms with E-state index >= 15 is 0 Å². The molecule has 2 heterocycles. The van der Waals surface area contributed by atoms with Gasteiger partial charge < -0.3 is 9.47 Å². The van der Waals surface area contributed by atoms with Crippen LogP contribution in [-0.2, 0) is 16.1 Å². The minimum atomic E-state index is -0.919. The highest BCUT2D eigenvalue weighted by molar-refractivity contribution is 5.71. The predicted molar refractivity (Wildman–Crippen MR) is 87.8 cm³/mol. The van der Waals surface area contributed by atoms with Crippen LogP contribution in [0.3, 0.4) is 0 Å². The maximum Gasteiger partial charge on any atom is 0.344 e. The van der Waals surface area contributed by atoms with Crippen LogP contribution in [0.1, 0.15) is 11.3 Å². The number of ether oxygens (including phenoxy) is 2. The molecule has 0 saturated carbocycles. The Labute approximate surface area is 146 Å². The van der Waals surface area contributed by atoms with Gasteiger partial charge in [0.2, 0.25) is 0 Å². The summed E-state index contributed by atoms with van der Waals surface area (Å²) in [5.74, 6) is -2.71. The number of aromatic nitrogens is 2. The van der Waals surface area contributed by atoms with Crippen molar-refractivity contribution in [2.24, 2.45) is 0 Å². The fourth-order valence-corrected chi connectivity index (χ4v) is 2.26. The number of benzene rings is 1. The van der Waals surface area contributed by atoms with E-state index in [-0.39, 0.29) is 23.6 Å². The van der Waals surface area contributed by atoms with Gasteiger partial charge in [0, 0.05) is 18.3 Å². The molecule has 0 unspecified atom stereocenters. The van der Waals surface area contributed by atoms with Crippen LogP contribution in [0.5, 0.6) is 5.75 Å². The minimum absolute atomic E-state index is 0.228. The first kappa shape index (κ1) is 17.5. The molecule has 0 aliphatic heterocycles. The summed E-state index contributed by atoms with van der Waals surface area (Å²) in [4.78, 5) is 28.0. The molecule has 0 amide bonds. The molecule has 2 aromatic heterocycles. The van der Waals surface area contributed by atoms with Crippen LogP contribution >= 0.6 is 0 Å². The van der Waals surface area contributed by atoms with Gasteiger partial charge in [-0.05, 0) is 30.7 Å². The van der Waals surface area contributed by atoms with Gasteiger partial charge in [0.1, 0.15) is 18.1 Å². The van der Waals surface area contributed by atoms with Crippen molar-refractivity contribution in [2.75, 3.05) is 6.61 Å². The molecule has 134 valence electrons. The highest BCUT2D eigenvalue weighted by atomic mass is 19.1. The van der Waals surface area contributed by atoms with Gasteiger partial charge in [-0.25, -0.2) is 18.6 Å². The number of rotatable bonds is 5. The van der Waals surface area contributed by atoms with E-state index in [1.807, 2.05) is 13.0 Å². The third-order valence-electron chi connectivity index (χ3n) is 3.48. The summed E-state index contributed by atoms with van der Waals surface area (Å²) in [6.07, 6.45) is 1.66. The number of esters is 1. The van der Waals surface area contributed by atoms with E-state index in [4.69, 9.17) is 9.47 Å². The molecule has 0 radical (unpaired) electrons. The zero-order valence-electron chi connectivity index (χ0n) is 13.7. The second-order valence-electron chi connectivity index (χ2n) is 5.54. The molecule has 0 N–H and O–H groups in total. The number of carbonyl (C=O) groups excluding carboxylic acids is 1. The number of hydrogen-bond acceptors (Lipinski definition) is 5. The van der Waals surface area contributed by atoms with E-state index in [9.17, 15) is 18.4 Å². The van der Waals surface area contributed by atoms with Crippen LogP contribution in [0.15, 0.2) is 47.4 Å². The van der Waals surface area contributed by atoms with E-state index in [1.54, 1.807) is 12.3 Å². The summed E-state index contributed by atoms with van der Waals surface area (Å²) in [5.41, 5.74) is 1.32. The Kier molecular flexibility index (Phi) is 4.92. The molecule has 26 heavy (non-hydrogen) atoms. The minimum Gasteiger partial charge on any atom is -0.479 e. The number of pyridine rings is 1. The largest absolute Gasteiger partial charge is 0.479 e. The van der Waals surface area contributed by atoms with Crippen LogP contribution in [0, 0.1) is 18.6 Å². The third-order valence-corrected chi connectivity index (χ3v) is 3.48. The molecule has 8 heteroatoms. The summed E-state index contributed by atoms with van der Waals surface area (Å²) in [5, 5.41) is 0. The van der Waals surface area contributed by atoms with Crippen LogP contribution < -0.4 is 10.3 Å². The SMILES string of the molecule is Cc1ccc2nc(COC(=O)COc3ccc(F)cc3F)cc(=O)n2c1. The molecule has 3 rings (SSSR count). The maximum atomic E-state index is 13.4. The quantitative estimate of drug-likeness (QED) is 0.654. The third kappa shape index (κ3) is 4.02. The monoisotopic (exact) mass is 360 g/mol. The Balaban J connectivity index is 1.61. The van der Waals surface area contributed by atoms with Gasteiger partial charge in [0.25, 0.3) is 5.56 Å². The highest BCUT2D eigenvalue weighted by Gasteiger charge is 2.10. The Morgan fingerprint density at radius 1 is 1.19 bits per heavy atom. The fourth-order valence-electron chi connectivity index (χ4n) is 2.26. The van der Waals surface area contributed by atoms with Crippen molar-refractivity contribution in [1.82, 2.24) is 9.38 Å². The molecular weight excluding hydrogens is 346 g/mol. The number of fused-ring (bicyclic) bond motifs is 1. The normalized spacial score (nSPS) is 10.7. The molecule has 0 saturated heterocycles. The first-order valence-corrected chi connectivity index (χ1v) is 7.65.